The standard InChI is InChI=1S/C21H18Cl2N4O2S/c1-2-10-27-19(12-24-20(29)15-8-9-16(22)17(23)11-15)25-26-21(27)30-13-18(28)14-6-4-3-5-7-14/h2-9,11H,1,10,12-13H2,(H,24,29). The lowest BCUT2D eigenvalue weighted by atomic mass is 10.2. The number of nitrogens with one attached hydrogen (secondary N) is 1. The number of hydrogen-bond acceptors (Lipinski definition) is 5. The van der Waals surface area contributed by atoms with Crippen molar-refractivity contribution in [3.8, 4) is 0 Å². The van der Waals surface area contributed by atoms with Crippen molar-refractivity contribution in [3.63, 3.8) is 0 Å². The zero-order valence-corrected chi connectivity index (χ0v) is 18.2. The highest BCUT2D eigenvalue weighted by Gasteiger charge is 2.16. The van der Waals surface area contributed by atoms with E-state index in [0.717, 1.165) is 0 Å². The van der Waals surface area contributed by atoms with E-state index in [1.54, 1.807) is 30.3 Å². The Kier molecular flexibility index (Phi) is 7.68. The average molecular weight is 461 g/mol. The van der Waals surface area contributed by atoms with Gasteiger partial charge in [-0.3, -0.25) is 9.59 Å². The molecule has 3 aromatic rings. The molecule has 0 aliphatic carbocycles. The summed E-state index contributed by atoms with van der Waals surface area (Å²) in [4.78, 5) is 24.7. The van der Waals surface area contributed by atoms with E-state index >= 15 is 0 Å². The van der Waals surface area contributed by atoms with Crippen molar-refractivity contribution >= 4 is 46.7 Å². The summed E-state index contributed by atoms with van der Waals surface area (Å²) in [6.07, 6.45) is 1.71. The van der Waals surface area contributed by atoms with Crippen LogP contribution in [-0.4, -0.2) is 32.2 Å². The Morgan fingerprint density at radius 2 is 1.83 bits per heavy atom. The molecule has 0 saturated heterocycles. The van der Waals surface area contributed by atoms with Gasteiger partial charge >= 0.3 is 0 Å². The molecule has 3 rings (SSSR count). The van der Waals surface area contributed by atoms with E-state index in [-0.39, 0.29) is 24.0 Å². The van der Waals surface area contributed by atoms with Crippen LogP contribution in [0.25, 0.3) is 0 Å². The summed E-state index contributed by atoms with van der Waals surface area (Å²) in [5, 5.41) is 12.4. The van der Waals surface area contributed by atoms with Gasteiger partial charge in [0.1, 0.15) is 0 Å². The molecule has 1 N–H and O–H groups in total. The van der Waals surface area contributed by atoms with Crippen LogP contribution in [0.1, 0.15) is 26.5 Å². The number of carbonyl (C=O) groups excluding carboxylic acids is 2. The van der Waals surface area contributed by atoms with E-state index in [9.17, 15) is 9.59 Å². The third kappa shape index (κ3) is 5.50. The quantitative estimate of drug-likeness (QED) is 0.285. The molecule has 6 nitrogen and oxygen atoms in total. The van der Waals surface area contributed by atoms with Crippen LogP contribution in [0.3, 0.4) is 0 Å². The minimum atomic E-state index is -0.310. The Balaban J connectivity index is 1.66. The van der Waals surface area contributed by atoms with E-state index in [4.69, 9.17) is 23.2 Å². The second-order valence-electron chi connectivity index (χ2n) is 6.19. The topological polar surface area (TPSA) is 76.9 Å². The molecule has 0 aliphatic heterocycles. The van der Waals surface area contributed by atoms with Crippen molar-refractivity contribution in [2.45, 2.75) is 18.2 Å². The van der Waals surface area contributed by atoms with Crippen LogP contribution in [0.15, 0.2) is 66.3 Å². The smallest absolute Gasteiger partial charge is 0.251 e. The highest BCUT2D eigenvalue weighted by molar-refractivity contribution is 7.99. The molecular weight excluding hydrogens is 443 g/mol. The van der Waals surface area contributed by atoms with Crippen LogP contribution in [-0.2, 0) is 13.1 Å². The Hall–Kier alpha value is -2.61. The molecule has 0 spiro atoms. The van der Waals surface area contributed by atoms with Gasteiger partial charge in [0.25, 0.3) is 5.91 Å². The Morgan fingerprint density at radius 3 is 2.53 bits per heavy atom. The van der Waals surface area contributed by atoms with Gasteiger partial charge < -0.3 is 9.88 Å². The number of ketones is 1. The minimum absolute atomic E-state index is 0.00298. The molecule has 0 radical (unpaired) electrons. The molecule has 2 aromatic carbocycles. The summed E-state index contributed by atoms with van der Waals surface area (Å²) in [6, 6.07) is 13.7. The number of benzene rings is 2. The first kappa shape index (κ1) is 22.1. The number of allylic oxidation sites excluding steroid dienone is 1. The van der Waals surface area contributed by atoms with Crippen molar-refractivity contribution in [3.05, 3.63) is 88.2 Å². The molecule has 1 amide bonds. The summed E-state index contributed by atoms with van der Waals surface area (Å²) >= 11 is 13.1. The lowest BCUT2D eigenvalue weighted by Gasteiger charge is -2.09. The molecule has 9 heteroatoms. The number of amides is 1. The zero-order chi connectivity index (χ0) is 21.5. The second kappa shape index (κ2) is 10.4. The molecule has 1 aromatic heterocycles. The van der Waals surface area contributed by atoms with Gasteiger partial charge in [-0.1, -0.05) is 71.4 Å². The highest BCUT2D eigenvalue weighted by atomic mass is 35.5. The van der Waals surface area contributed by atoms with Gasteiger partial charge in [-0.2, -0.15) is 0 Å². The fraction of sp³-hybridized carbons (Fsp3) is 0.143. The lowest BCUT2D eigenvalue weighted by molar-refractivity contribution is 0.0948. The predicted octanol–water partition coefficient (Wildman–Crippen LogP) is 4.68. The van der Waals surface area contributed by atoms with Gasteiger partial charge in [-0.15, -0.1) is 16.8 Å². The number of carbonyl (C=O) groups is 2. The molecule has 0 fully saturated rings. The maximum Gasteiger partial charge on any atom is 0.251 e. The molecule has 0 saturated carbocycles. The highest BCUT2D eigenvalue weighted by Crippen LogP contribution is 2.23. The molecule has 0 aliphatic rings. The molecule has 0 unspecified atom stereocenters. The summed E-state index contributed by atoms with van der Waals surface area (Å²) < 4.78 is 1.81. The number of halogens is 2. The summed E-state index contributed by atoms with van der Waals surface area (Å²) in [5.74, 6) is 0.478. The summed E-state index contributed by atoms with van der Waals surface area (Å²) in [7, 11) is 0. The predicted molar refractivity (Wildman–Crippen MR) is 119 cm³/mol. The Morgan fingerprint density at radius 1 is 1.07 bits per heavy atom. The average Bonchev–Trinajstić information content (AvgIpc) is 3.14. The lowest BCUT2D eigenvalue weighted by Crippen LogP contribution is -2.24. The second-order valence-corrected chi connectivity index (χ2v) is 7.94. The van der Waals surface area contributed by atoms with Crippen molar-refractivity contribution in [2.24, 2.45) is 0 Å². The van der Waals surface area contributed by atoms with E-state index in [2.05, 4.69) is 22.1 Å². The Bertz CT molecular complexity index is 1070. The van der Waals surface area contributed by atoms with Crippen molar-refractivity contribution in [1.82, 2.24) is 20.1 Å². The van der Waals surface area contributed by atoms with Gasteiger partial charge in [-0.25, -0.2) is 0 Å². The maximum absolute atomic E-state index is 12.4. The van der Waals surface area contributed by atoms with Crippen LogP contribution in [0.4, 0.5) is 0 Å². The van der Waals surface area contributed by atoms with E-state index < -0.39 is 0 Å². The van der Waals surface area contributed by atoms with E-state index in [1.807, 2.05) is 22.8 Å². The van der Waals surface area contributed by atoms with Crippen molar-refractivity contribution < 1.29 is 9.59 Å². The number of rotatable bonds is 9. The third-order valence-electron chi connectivity index (χ3n) is 4.12. The molecule has 30 heavy (non-hydrogen) atoms. The largest absolute Gasteiger partial charge is 0.345 e. The number of aromatic nitrogens is 3. The minimum Gasteiger partial charge on any atom is -0.345 e. The third-order valence-corrected chi connectivity index (χ3v) is 5.83. The molecule has 0 atom stereocenters. The van der Waals surface area contributed by atoms with Crippen LogP contribution >= 0.6 is 35.0 Å². The monoisotopic (exact) mass is 460 g/mol. The zero-order valence-electron chi connectivity index (χ0n) is 15.8. The van der Waals surface area contributed by atoms with Crippen molar-refractivity contribution in [1.29, 1.82) is 0 Å². The van der Waals surface area contributed by atoms with E-state index in [1.165, 1.54) is 17.8 Å². The molecule has 154 valence electrons. The SMILES string of the molecule is C=CCn1c(CNC(=O)c2ccc(Cl)c(Cl)c2)nnc1SCC(=O)c1ccccc1. The summed E-state index contributed by atoms with van der Waals surface area (Å²) in [5.41, 5.74) is 1.04. The Labute approximate surface area is 188 Å². The van der Waals surface area contributed by atoms with Crippen LogP contribution in [0.2, 0.25) is 10.0 Å². The van der Waals surface area contributed by atoms with Crippen LogP contribution in [0, 0.1) is 0 Å². The first-order valence-corrected chi connectivity index (χ1v) is 10.7. The first-order valence-electron chi connectivity index (χ1n) is 8.97. The van der Waals surface area contributed by atoms with Crippen LogP contribution < -0.4 is 5.32 Å². The normalized spacial score (nSPS) is 10.6. The van der Waals surface area contributed by atoms with Gasteiger partial charge in [0, 0.05) is 17.7 Å². The molecule has 1 heterocycles. The fourth-order valence-electron chi connectivity index (χ4n) is 2.61. The van der Waals surface area contributed by atoms with Gasteiger partial charge in [0.15, 0.2) is 16.8 Å². The van der Waals surface area contributed by atoms with Crippen LogP contribution in [0.5, 0.6) is 0 Å². The van der Waals surface area contributed by atoms with Crippen molar-refractivity contribution in [2.75, 3.05) is 5.75 Å². The fourth-order valence-corrected chi connectivity index (χ4v) is 3.76. The number of nitrogens with zero attached hydrogens (tertiary/aromatic N) is 3. The number of hydrogen-bond donors (Lipinski definition) is 1. The van der Waals surface area contributed by atoms with Gasteiger partial charge in [0.05, 0.1) is 22.3 Å². The molecule has 0 bridgehead atoms. The maximum atomic E-state index is 12.4. The number of Topliss-reactive ketones (excluding diaryl/α,β-unsaturated/α-hetero) is 1. The first-order chi connectivity index (χ1) is 14.5. The van der Waals surface area contributed by atoms with E-state index in [0.29, 0.717) is 38.7 Å². The van der Waals surface area contributed by atoms with Gasteiger partial charge in [0.2, 0.25) is 0 Å². The van der Waals surface area contributed by atoms with Gasteiger partial charge in [-0.05, 0) is 18.2 Å². The summed E-state index contributed by atoms with van der Waals surface area (Å²) in [6.45, 7) is 4.37. The molecular formula is C21H18Cl2N4O2S. The number of thioether (sulfide) groups is 1.